The number of anilines is 1. The molecule has 1 amide bonds. The maximum atomic E-state index is 12.9. The zero-order chi connectivity index (χ0) is 17.3. The van der Waals surface area contributed by atoms with Crippen molar-refractivity contribution >= 4 is 17.5 Å². The molecule has 1 fully saturated rings. The van der Waals surface area contributed by atoms with Gasteiger partial charge in [0, 0.05) is 13.0 Å². The van der Waals surface area contributed by atoms with Crippen molar-refractivity contribution in [1.82, 2.24) is 14.7 Å². The lowest BCUT2D eigenvalue weighted by Crippen LogP contribution is -2.40. The van der Waals surface area contributed by atoms with Gasteiger partial charge in [0.15, 0.2) is 5.78 Å². The van der Waals surface area contributed by atoms with Crippen LogP contribution in [0.5, 0.6) is 0 Å². The largest absolute Gasteiger partial charge is 0.383 e. The van der Waals surface area contributed by atoms with E-state index in [4.69, 9.17) is 5.73 Å². The summed E-state index contributed by atoms with van der Waals surface area (Å²) in [6.07, 6.45) is 3.43. The summed E-state index contributed by atoms with van der Waals surface area (Å²) in [4.78, 5) is 26.6. The summed E-state index contributed by atoms with van der Waals surface area (Å²) in [5.74, 6) is 0.208. The molecule has 24 heavy (non-hydrogen) atoms. The van der Waals surface area contributed by atoms with Crippen molar-refractivity contribution in [1.29, 1.82) is 0 Å². The van der Waals surface area contributed by atoms with Crippen molar-refractivity contribution in [3.8, 4) is 5.69 Å². The van der Waals surface area contributed by atoms with Crippen LogP contribution in [-0.2, 0) is 4.79 Å². The minimum atomic E-state index is -0.421. The fourth-order valence-electron chi connectivity index (χ4n) is 3.16. The predicted octanol–water partition coefficient (Wildman–Crippen LogP) is 2.35. The van der Waals surface area contributed by atoms with E-state index in [-0.39, 0.29) is 11.7 Å². The number of nitrogens with zero attached hydrogens (tertiary/aromatic N) is 3. The molecule has 1 aliphatic heterocycles. The van der Waals surface area contributed by atoms with E-state index in [1.807, 2.05) is 38.1 Å². The number of aryl methyl sites for hydroxylation is 1. The maximum Gasteiger partial charge on any atom is 0.222 e. The third-order valence-electron chi connectivity index (χ3n) is 4.53. The average Bonchev–Trinajstić information content (AvgIpc) is 3.21. The van der Waals surface area contributed by atoms with Crippen LogP contribution < -0.4 is 5.73 Å². The predicted molar refractivity (Wildman–Crippen MR) is 92.1 cm³/mol. The van der Waals surface area contributed by atoms with Crippen molar-refractivity contribution in [3.63, 3.8) is 0 Å². The molecule has 0 saturated carbocycles. The van der Waals surface area contributed by atoms with Crippen LogP contribution in [0.2, 0.25) is 0 Å². The Labute approximate surface area is 141 Å². The van der Waals surface area contributed by atoms with E-state index in [9.17, 15) is 9.59 Å². The lowest BCUT2D eigenvalue weighted by molar-refractivity contribution is -0.131. The summed E-state index contributed by atoms with van der Waals surface area (Å²) < 4.78 is 1.56. The van der Waals surface area contributed by atoms with Crippen LogP contribution in [0, 0.1) is 6.92 Å². The second-order valence-corrected chi connectivity index (χ2v) is 6.15. The van der Waals surface area contributed by atoms with Crippen molar-refractivity contribution in [3.05, 3.63) is 41.6 Å². The van der Waals surface area contributed by atoms with Gasteiger partial charge in [-0.25, -0.2) is 4.68 Å². The first-order chi connectivity index (χ1) is 11.5. The molecule has 0 spiro atoms. The van der Waals surface area contributed by atoms with Gasteiger partial charge in [0.1, 0.15) is 5.82 Å². The van der Waals surface area contributed by atoms with Crippen LogP contribution >= 0.6 is 0 Å². The van der Waals surface area contributed by atoms with Gasteiger partial charge < -0.3 is 10.6 Å². The Balaban J connectivity index is 1.89. The minimum absolute atomic E-state index is 0.00958. The van der Waals surface area contributed by atoms with Gasteiger partial charge in [0.05, 0.1) is 23.5 Å². The Morgan fingerprint density at radius 1 is 1.29 bits per heavy atom. The maximum absolute atomic E-state index is 12.9. The smallest absolute Gasteiger partial charge is 0.222 e. The summed E-state index contributed by atoms with van der Waals surface area (Å²) in [6, 6.07) is 7.34. The van der Waals surface area contributed by atoms with Gasteiger partial charge in [-0.3, -0.25) is 9.59 Å². The molecule has 6 heteroatoms. The molecule has 0 bridgehead atoms. The van der Waals surface area contributed by atoms with Crippen LogP contribution in [-0.4, -0.2) is 39.0 Å². The van der Waals surface area contributed by atoms with Gasteiger partial charge in [-0.2, -0.15) is 5.10 Å². The monoisotopic (exact) mass is 326 g/mol. The Morgan fingerprint density at radius 2 is 2.00 bits per heavy atom. The second kappa shape index (κ2) is 6.47. The average molecular weight is 326 g/mol. The van der Waals surface area contributed by atoms with Crippen LogP contribution in [0.25, 0.3) is 5.69 Å². The first-order valence-corrected chi connectivity index (χ1v) is 8.27. The lowest BCUT2D eigenvalue weighted by atomic mass is 10.0. The van der Waals surface area contributed by atoms with Crippen LogP contribution in [0.4, 0.5) is 5.82 Å². The van der Waals surface area contributed by atoms with Gasteiger partial charge in [-0.15, -0.1) is 0 Å². The first-order valence-electron chi connectivity index (χ1n) is 8.27. The Kier molecular flexibility index (Phi) is 4.38. The van der Waals surface area contributed by atoms with E-state index in [1.54, 1.807) is 9.58 Å². The number of rotatable bonds is 4. The van der Waals surface area contributed by atoms with E-state index >= 15 is 0 Å². The van der Waals surface area contributed by atoms with Gasteiger partial charge in [-0.1, -0.05) is 24.6 Å². The van der Waals surface area contributed by atoms with Crippen molar-refractivity contribution in [2.45, 2.75) is 39.2 Å². The molecule has 3 rings (SSSR count). The first kappa shape index (κ1) is 16.2. The SMILES string of the molecule is CCC(=O)N1CCCC1C(=O)c1cnn(-c2ccc(C)cc2)c1N. The zero-order valence-electron chi connectivity index (χ0n) is 14.0. The molecule has 0 radical (unpaired) electrons. The third kappa shape index (κ3) is 2.79. The molecule has 1 unspecified atom stereocenters. The summed E-state index contributed by atoms with van der Waals surface area (Å²) in [7, 11) is 0. The molecule has 1 aliphatic rings. The van der Waals surface area contributed by atoms with Crippen molar-refractivity contribution < 1.29 is 9.59 Å². The fourth-order valence-corrected chi connectivity index (χ4v) is 3.16. The molecule has 1 aromatic carbocycles. The normalized spacial score (nSPS) is 17.2. The molecule has 2 aromatic rings. The number of hydrogen-bond donors (Lipinski definition) is 1. The highest BCUT2D eigenvalue weighted by Crippen LogP contribution is 2.25. The minimum Gasteiger partial charge on any atom is -0.383 e. The molecular formula is C18H22N4O2. The highest BCUT2D eigenvalue weighted by Gasteiger charge is 2.35. The summed E-state index contributed by atoms with van der Waals surface area (Å²) >= 11 is 0. The topological polar surface area (TPSA) is 81.2 Å². The number of benzene rings is 1. The number of carbonyl (C=O) groups is 2. The molecule has 1 saturated heterocycles. The van der Waals surface area contributed by atoms with E-state index < -0.39 is 6.04 Å². The van der Waals surface area contributed by atoms with Gasteiger partial charge in [-0.05, 0) is 31.9 Å². The Bertz CT molecular complexity index is 764. The number of carbonyl (C=O) groups excluding carboxylic acids is 2. The molecular weight excluding hydrogens is 304 g/mol. The molecule has 2 heterocycles. The van der Waals surface area contributed by atoms with Crippen molar-refractivity contribution in [2.24, 2.45) is 0 Å². The van der Waals surface area contributed by atoms with Crippen LogP contribution in [0.1, 0.15) is 42.1 Å². The van der Waals surface area contributed by atoms with Gasteiger partial charge >= 0.3 is 0 Å². The number of amides is 1. The molecule has 2 N–H and O–H groups in total. The van der Waals surface area contributed by atoms with Crippen LogP contribution in [0.3, 0.4) is 0 Å². The number of ketones is 1. The molecule has 6 nitrogen and oxygen atoms in total. The van der Waals surface area contributed by atoms with Crippen molar-refractivity contribution in [2.75, 3.05) is 12.3 Å². The standard InChI is InChI=1S/C18H22N4O2/c1-3-16(23)21-10-4-5-15(21)17(24)14-11-20-22(18(14)19)13-8-6-12(2)7-9-13/h6-9,11,15H,3-5,10,19H2,1-2H3. The molecule has 1 aromatic heterocycles. The summed E-state index contributed by atoms with van der Waals surface area (Å²) in [6.45, 7) is 4.45. The Morgan fingerprint density at radius 3 is 2.67 bits per heavy atom. The van der Waals surface area contributed by atoms with E-state index in [1.165, 1.54) is 6.20 Å². The number of aromatic nitrogens is 2. The van der Waals surface area contributed by atoms with Crippen LogP contribution in [0.15, 0.2) is 30.5 Å². The highest BCUT2D eigenvalue weighted by molar-refractivity contribution is 6.05. The number of hydrogen-bond acceptors (Lipinski definition) is 4. The number of likely N-dealkylation sites (tertiary alicyclic amines) is 1. The Hall–Kier alpha value is -2.63. The number of Topliss-reactive ketones (excluding diaryl/α,β-unsaturated/α-hetero) is 1. The summed E-state index contributed by atoms with van der Waals surface area (Å²) in [5.41, 5.74) is 8.51. The van der Waals surface area contributed by atoms with Gasteiger partial charge in [0.2, 0.25) is 5.91 Å². The molecule has 126 valence electrons. The highest BCUT2D eigenvalue weighted by atomic mass is 16.2. The quantitative estimate of drug-likeness (QED) is 0.875. The van der Waals surface area contributed by atoms with E-state index in [2.05, 4.69) is 5.10 Å². The fraction of sp³-hybridized carbons (Fsp3) is 0.389. The zero-order valence-corrected chi connectivity index (χ0v) is 14.0. The number of nitrogen functional groups attached to an aromatic ring is 1. The second-order valence-electron chi connectivity index (χ2n) is 6.15. The lowest BCUT2D eigenvalue weighted by Gasteiger charge is -2.23. The third-order valence-corrected chi connectivity index (χ3v) is 4.53. The number of nitrogens with two attached hydrogens (primary N) is 1. The molecule has 1 atom stereocenters. The molecule has 0 aliphatic carbocycles. The van der Waals surface area contributed by atoms with Gasteiger partial charge in [0.25, 0.3) is 0 Å². The van der Waals surface area contributed by atoms with E-state index in [0.717, 1.165) is 17.7 Å². The van der Waals surface area contributed by atoms with E-state index in [0.29, 0.717) is 30.8 Å². The summed E-state index contributed by atoms with van der Waals surface area (Å²) in [5, 5.41) is 4.27.